The standard InChI is InChI=1S/C69H114O6/c1-4-7-10-13-16-19-22-25-28-31-34-37-40-43-46-49-52-55-58-61-67(70)73-64-66(75-69(72)63-60-57-54-51-48-45-42-39-36-33-30-27-24-21-18-15-12-9-6-3)65-74-68(71)62-59-56-53-50-47-44-41-38-35-32-29-26-23-20-17-14-11-8-5-2/h7,10,16-21,25-30,34,36-37,39,43,46,66H,4-6,8-9,11-15,22-24,31-33,35,38,40-42,44-45,47-65H2,1-3H3/b10-7-,19-16-,20-17-,21-18-,28-25-,29-26-,30-27-,37-34-,39-36-,46-43-. The average Bonchev–Trinajstić information content (AvgIpc) is 3.41. The molecule has 0 aromatic rings. The molecular weight excluding hydrogens is 925 g/mol. The Bertz CT molecular complexity index is 1570. The fraction of sp³-hybridized carbons (Fsp3) is 0.667. The molecule has 426 valence electrons. The number of carbonyl (C=O) groups excluding carboxylic acids is 3. The van der Waals surface area contributed by atoms with Gasteiger partial charge in [-0.25, -0.2) is 0 Å². The quantitative estimate of drug-likeness (QED) is 0.0261. The van der Waals surface area contributed by atoms with Crippen LogP contribution in [0.4, 0.5) is 0 Å². The van der Waals surface area contributed by atoms with Gasteiger partial charge in [-0.05, 0) is 135 Å². The van der Waals surface area contributed by atoms with Crippen LogP contribution in [0.2, 0.25) is 0 Å². The molecule has 0 aliphatic carbocycles. The highest BCUT2D eigenvalue weighted by Gasteiger charge is 2.19. The molecule has 0 bridgehead atoms. The van der Waals surface area contributed by atoms with Crippen molar-refractivity contribution in [1.82, 2.24) is 0 Å². The largest absolute Gasteiger partial charge is 0.462 e. The molecule has 0 saturated heterocycles. The Hall–Kier alpha value is -4.19. The van der Waals surface area contributed by atoms with Crippen LogP contribution in [0.25, 0.3) is 0 Å². The Balaban J connectivity index is 4.49. The van der Waals surface area contributed by atoms with E-state index in [9.17, 15) is 14.4 Å². The van der Waals surface area contributed by atoms with Gasteiger partial charge in [0.15, 0.2) is 6.10 Å². The van der Waals surface area contributed by atoms with E-state index in [1.807, 2.05) is 0 Å². The van der Waals surface area contributed by atoms with Crippen molar-refractivity contribution < 1.29 is 28.6 Å². The molecule has 0 N–H and O–H groups in total. The van der Waals surface area contributed by atoms with E-state index in [0.29, 0.717) is 19.3 Å². The van der Waals surface area contributed by atoms with Crippen molar-refractivity contribution in [2.24, 2.45) is 0 Å². The van der Waals surface area contributed by atoms with E-state index in [1.54, 1.807) is 0 Å². The first kappa shape index (κ1) is 70.8. The lowest BCUT2D eigenvalue weighted by Gasteiger charge is -2.18. The summed E-state index contributed by atoms with van der Waals surface area (Å²) in [6.45, 7) is 6.44. The van der Waals surface area contributed by atoms with Gasteiger partial charge in [0.2, 0.25) is 0 Å². The maximum Gasteiger partial charge on any atom is 0.306 e. The Morgan fingerprint density at radius 2 is 0.520 bits per heavy atom. The summed E-state index contributed by atoms with van der Waals surface area (Å²) in [4.78, 5) is 38.3. The molecule has 0 aliphatic rings. The maximum absolute atomic E-state index is 12.9. The molecule has 0 amide bonds. The molecule has 0 aliphatic heterocycles. The molecule has 75 heavy (non-hydrogen) atoms. The zero-order valence-corrected chi connectivity index (χ0v) is 48.8. The minimum atomic E-state index is -0.806. The Morgan fingerprint density at radius 1 is 0.280 bits per heavy atom. The summed E-state index contributed by atoms with van der Waals surface area (Å²) >= 11 is 0. The van der Waals surface area contributed by atoms with Crippen LogP contribution >= 0.6 is 0 Å². The summed E-state index contributed by atoms with van der Waals surface area (Å²) in [6, 6.07) is 0. The minimum Gasteiger partial charge on any atom is -0.462 e. The molecule has 0 heterocycles. The first-order chi connectivity index (χ1) is 37.0. The molecule has 0 aromatic carbocycles. The Labute approximate surface area is 462 Å². The molecule has 0 spiro atoms. The fourth-order valence-electron chi connectivity index (χ4n) is 8.27. The third-order valence-electron chi connectivity index (χ3n) is 12.9. The van der Waals surface area contributed by atoms with Crippen molar-refractivity contribution >= 4 is 17.9 Å². The molecule has 6 nitrogen and oxygen atoms in total. The van der Waals surface area contributed by atoms with Crippen molar-refractivity contribution in [2.75, 3.05) is 13.2 Å². The van der Waals surface area contributed by atoms with Gasteiger partial charge in [-0.15, -0.1) is 0 Å². The van der Waals surface area contributed by atoms with Crippen LogP contribution in [0.15, 0.2) is 122 Å². The molecule has 1 atom stereocenters. The van der Waals surface area contributed by atoms with E-state index in [1.165, 1.54) is 109 Å². The van der Waals surface area contributed by atoms with Gasteiger partial charge < -0.3 is 14.2 Å². The third-order valence-corrected chi connectivity index (χ3v) is 12.9. The highest BCUT2D eigenvalue weighted by molar-refractivity contribution is 5.71. The smallest absolute Gasteiger partial charge is 0.306 e. The second-order valence-corrected chi connectivity index (χ2v) is 20.2. The molecule has 6 heteroatoms. The Kier molecular flexibility index (Phi) is 58.9. The van der Waals surface area contributed by atoms with Gasteiger partial charge in [-0.1, -0.05) is 245 Å². The topological polar surface area (TPSA) is 78.9 Å². The monoisotopic (exact) mass is 1040 g/mol. The van der Waals surface area contributed by atoms with E-state index >= 15 is 0 Å². The normalized spacial score (nSPS) is 12.9. The zero-order chi connectivity index (χ0) is 54.3. The van der Waals surface area contributed by atoms with Crippen LogP contribution in [0, 0.1) is 0 Å². The van der Waals surface area contributed by atoms with Gasteiger partial charge in [0, 0.05) is 19.3 Å². The maximum atomic E-state index is 12.9. The predicted molar refractivity (Wildman–Crippen MR) is 325 cm³/mol. The van der Waals surface area contributed by atoms with Gasteiger partial charge in [-0.3, -0.25) is 14.4 Å². The van der Waals surface area contributed by atoms with Crippen molar-refractivity contribution in [3.05, 3.63) is 122 Å². The first-order valence-electron chi connectivity index (χ1n) is 31.0. The van der Waals surface area contributed by atoms with E-state index in [4.69, 9.17) is 14.2 Å². The van der Waals surface area contributed by atoms with Crippen molar-refractivity contribution in [1.29, 1.82) is 0 Å². The number of hydrogen-bond donors (Lipinski definition) is 0. The van der Waals surface area contributed by atoms with Gasteiger partial charge >= 0.3 is 17.9 Å². The molecule has 1 unspecified atom stereocenters. The highest BCUT2D eigenvalue weighted by atomic mass is 16.6. The first-order valence-corrected chi connectivity index (χ1v) is 31.0. The number of ether oxygens (including phenoxy) is 3. The molecular formula is C69H114O6. The van der Waals surface area contributed by atoms with Crippen LogP contribution in [0.1, 0.15) is 278 Å². The van der Waals surface area contributed by atoms with Crippen LogP contribution in [0.3, 0.4) is 0 Å². The van der Waals surface area contributed by atoms with Gasteiger partial charge in [0.25, 0.3) is 0 Å². The summed E-state index contributed by atoms with van der Waals surface area (Å²) in [6.07, 6.45) is 86.1. The third kappa shape index (κ3) is 60.6. The molecule has 0 rings (SSSR count). The van der Waals surface area contributed by atoms with Crippen LogP contribution < -0.4 is 0 Å². The van der Waals surface area contributed by atoms with Gasteiger partial charge in [0.1, 0.15) is 13.2 Å². The summed E-state index contributed by atoms with van der Waals surface area (Å²) in [5.74, 6) is -0.946. The molecule has 0 aromatic heterocycles. The summed E-state index contributed by atoms with van der Waals surface area (Å²) in [5, 5.41) is 0. The number of rotatable bonds is 55. The van der Waals surface area contributed by atoms with Crippen molar-refractivity contribution in [3.63, 3.8) is 0 Å². The fourth-order valence-corrected chi connectivity index (χ4v) is 8.27. The zero-order valence-electron chi connectivity index (χ0n) is 48.8. The Morgan fingerprint density at radius 3 is 0.827 bits per heavy atom. The summed E-state index contributed by atoms with van der Waals surface area (Å²) in [5.41, 5.74) is 0. The lowest BCUT2D eigenvalue weighted by atomic mass is 10.1. The molecule has 0 radical (unpaired) electrons. The molecule has 0 fully saturated rings. The lowest BCUT2D eigenvalue weighted by Crippen LogP contribution is -2.30. The van der Waals surface area contributed by atoms with Crippen LogP contribution in [0.5, 0.6) is 0 Å². The van der Waals surface area contributed by atoms with Crippen molar-refractivity contribution in [3.8, 4) is 0 Å². The SMILES string of the molecule is CC/C=C\C/C=C\C/C=C\C/C=C\C/C=C\CCCCCC(=O)OCC(COC(=O)CCCCCCCCCCC/C=C\C/C=C\CCCCC)OC(=O)CCCCCCCC/C=C\C/C=C\C/C=C\CCCCC. The highest BCUT2D eigenvalue weighted by Crippen LogP contribution is 2.15. The van der Waals surface area contributed by atoms with Gasteiger partial charge in [0.05, 0.1) is 0 Å². The van der Waals surface area contributed by atoms with Crippen LogP contribution in [-0.4, -0.2) is 37.2 Å². The number of hydrogen-bond acceptors (Lipinski definition) is 6. The summed E-state index contributed by atoms with van der Waals surface area (Å²) < 4.78 is 16.9. The van der Waals surface area contributed by atoms with Crippen molar-refractivity contribution in [2.45, 2.75) is 284 Å². The van der Waals surface area contributed by atoms with E-state index in [2.05, 4.69) is 142 Å². The second-order valence-electron chi connectivity index (χ2n) is 20.2. The second kappa shape index (κ2) is 62.4. The van der Waals surface area contributed by atoms with E-state index in [0.717, 1.165) is 128 Å². The van der Waals surface area contributed by atoms with Crippen LogP contribution in [-0.2, 0) is 28.6 Å². The number of unbranched alkanes of at least 4 members (excludes halogenated alkanes) is 24. The van der Waals surface area contributed by atoms with E-state index in [-0.39, 0.29) is 31.1 Å². The minimum absolute atomic E-state index is 0.0989. The lowest BCUT2D eigenvalue weighted by molar-refractivity contribution is -0.167. The summed E-state index contributed by atoms with van der Waals surface area (Å²) in [7, 11) is 0. The number of esters is 3. The number of carbonyl (C=O) groups is 3. The van der Waals surface area contributed by atoms with Gasteiger partial charge in [-0.2, -0.15) is 0 Å². The molecule has 0 saturated carbocycles. The average molecular weight is 1040 g/mol. The predicted octanol–water partition coefficient (Wildman–Crippen LogP) is 21.2. The number of allylic oxidation sites excluding steroid dienone is 20. The van der Waals surface area contributed by atoms with E-state index < -0.39 is 6.10 Å².